The summed E-state index contributed by atoms with van der Waals surface area (Å²) in [5, 5.41) is 16.2. The number of aryl methyl sites for hydroxylation is 1. The fourth-order valence-electron chi connectivity index (χ4n) is 2.60. The Labute approximate surface area is 152 Å². The largest absolute Gasteiger partial charge is 0.480 e. The topological polar surface area (TPSA) is 93.5 Å². The van der Waals surface area contributed by atoms with Crippen LogP contribution in [-0.2, 0) is 20.7 Å². The summed E-state index contributed by atoms with van der Waals surface area (Å²) in [5.41, 5.74) is 3.26. The molecule has 1 atom stereocenters. The molecule has 7 nitrogen and oxygen atoms in total. The molecule has 0 bridgehead atoms. The second-order valence-corrected chi connectivity index (χ2v) is 5.86. The van der Waals surface area contributed by atoms with E-state index < -0.39 is 17.9 Å². The van der Waals surface area contributed by atoms with Gasteiger partial charge in [0.15, 0.2) is 6.04 Å². The minimum Gasteiger partial charge on any atom is -0.480 e. The summed E-state index contributed by atoms with van der Waals surface area (Å²) in [4.78, 5) is 23.6. The van der Waals surface area contributed by atoms with Crippen LogP contribution in [-0.4, -0.2) is 46.0 Å². The molecule has 0 radical (unpaired) electrons. The monoisotopic (exact) mass is 357 g/mol. The molecular weight excluding hydrogens is 334 g/mol. The highest BCUT2D eigenvalue weighted by molar-refractivity contribution is 5.85. The lowest BCUT2D eigenvalue weighted by atomic mass is 10.1. The average molecular weight is 357 g/mol. The van der Waals surface area contributed by atoms with Gasteiger partial charge >= 0.3 is 5.97 Å². The lowest BCUT2D eigenvalue weighted by Gasteiger charge is -2.14. The van der Waals surface area contributed by atoms with E-state index in [0.717, 1.165) is 22.6 Å². The van der Waals surface area contributed by atoms with E-state index in [1.807, 2.05) is 44.2 Å². The fourth-order valence-corrected chi connectivity index (χ4v) is 2.60. The first kappa shape index (κ1) is 19.4. The van der Waals surface area contributed by atoms with Gasteiger partial charge in [-0.05, 0) is 26.0 Å². The molecule has 2 rings (SSSR count). The van der Waals surface area contributed by atoms with Crippen LogP contribution in [0.2, 0.25) is 0 Å². The maximum atomic E-state index is 12.3. The molecule has 0 saturated carbocycles. The van der Waals surface area contributed by atoms with Crippen molar-refractivity contribution in [1.82, 2.24) is 15.1 Å². The van der Waals surface area contributed by atoms with Crippen molar-refractivity contribution >= 4 is 11.9 Å². The second kappa shape index (κ2) is 8.96. The minimum absolute atomic E-state index is 0.0513. The van der Waals surface area contributed by atoms with E-state index in [2.05, 4.69) is 17.0 Å². The van der Waals surface area contributed by atoms with Crippen LogP contribution in [0.3, 0.4) is 0 Å². The number of aliphatic carboxylic acids is 1. The summed E-state index contributed by atoms with van der Waals surface area (Å²) < 4.78 is 6.91. The number of hydrogen-bond acceptors (Lipinski definition) is 4. The number of carbonyl (C=O) groups is 2. The molecule has 0 fully saturated rings. The average Bonchev–Trinajstić information content (AvgIpc) is 2.90. The molecule has 1 aromatic heterocycles. The van der Waals surface area contributed by atoms with Crippen LogP contribution in [0.25, 0.3) is 5.69 Å². The third-order valence-electron chi connectivity index (χ3n) is 3.93. The summed E-state index contributed by atoms with van der Waals surface area (Å²) in [6.07, 6.45) is 1.57. The predicted octanol–water partition coefficient (Wildman–Crippen LogP) is 1.80. The number of carboxylic acids is 1. The number of benzene rings is 1. The SMILES string of the molecule is C=CCOCC(NC(=O)Cc1c(C)nn(-c2ccccc2)c1C)C(=O)O. The van der Waals surface area contributed by atoms with Gasteiger partial charge < -0.3 is 15.2 Å². The molecule has 0 aliphatic rings. The van der Waals surface area contributed by atoms with Crippen LogP contribution >= 0.6 is 0 Å². The summed E-state index contributed by atoms with van der Waals surface area (Å²) >= 11 is 0. The molecule has 0 saturated heterocycles. The summed E-state index contributed by atoms with van der Waals surface area (Å²) in [6, 6.07) is 8.51. The van der Waals surface area contributed by atoms with Gasteiger partial charge in [-0.25, -0.2) is 9.48 Å². The number of para-hydroxylation sites is 1. The van der Waals surface area contributed by atoms with Gasteiger partial charge in [-0.1, -0.05) is 24.3 Å². The van der Waals surface area contributed by atoms with Crippen molar-refractivity contribution in [2.75, 3.05) is 13.2 Å². The Morgan fingerprint density at radius 1 is 1.35 bits per heavy atom. The van der Waals surface area contributed by atoms with Gasteiger partial charge in [-0.3, -0.25) is 4.79 Å². The van der Waals surface area contributed by atoms with Crippen LogP contribution in [0, 0.1) is 13.8 Å². The van der Waals surface area contributed by atoms with Gasteiger partial charge in [-0.15, -0.1) is 6.58 Å². The van der Waals surface area contributed by atoms with Gasteiger partial charge in [0.05, 0.1) is 31.0 Å². The summed E-state index contributed by atoms with van der Waals surface area (Å²) in [7, 11) is 0. The van der Waals surface area contributed by atoms with Gasteiger partial charge in [0.1, 0.15) is 0 Å². The van der Waals surface area contributed by atoms with Gasteiger partial charge in [0, 0.05) is 11.3 Å². The number of ether oxygens (including phenoxy) is 1. The molecule has 0 spiro atoms. The van der Waals surface area contributed by atoms with Crippen LogP contribution in [0.4, 0.5) is 0 Å². The first-order valence-corrected chi connectivity index (χ1v) is 8.25. The normalized spacial score (nSPS) is 11.8. The number of rotatable bonds is 9. The zero-order valence-corrected chi connectivity index (χ0v) is 14.9. The molecule has 1 aromatic carbocycles. The molecule has 1 heterocycles. The van der Waals surface area contributed by atoms with Crippen molar-refractivity contribution in [3.8, 4) is 5.69 Å². The summed E-state index contributed by atoms with van der Waals surface area (Å²) in [5.74, 6) is -1.53. The number of hydrogen-bond donors (Lipinski definition) is 2. The highest BCUT2D eigenvalue weighted by Crippen LogP contribution is 2.18. The molecule has 0 aliphatic heterocycles. The van der Waals surface area contributed by atoms with E-state index in [0.29, 0.717) is 0 Å². The highest BCUT2D eigenvalue weighted by Gasteiger charge is 2.22. The number of carbonyl (C=O) groups excluding carboxylic acids is 1. The molecule has 0 aliphatic carbocycles. The molecule has 2 aromatic rings. The zero-order valence-electron chi connectivity index (χ0n) is 14.9. The Hall–Kier alpha value is -2.93. The van der Waals surface area contributed by atoms with Crippen molar-refractivity contribution in [2.45, 2.75) is 26.3 Å². The van der Waals surface area contributed by atoms with Crippen molar-refractivity contribution in [2.24, 2.45) is 0 Å². The smallest absolute Gasteiger partial charge is 0.328 e. The molecule has 26 heavy (non-hydrogen) atoms. The van der Waals surface area contributed by atoms with E-state index in [4.69, 9.17) is 4.74 Å². The number of amides is 1. The van der Waals surface area contributed by atoms with E-state index in [1.54, 1.807) is 4.68 Å². The quantitative estimate of drug-likeness (QED) is 0.527. The van der Waals surface area contributed by atoms with E-state index in [1.165, 1.54) is 6.08 Å². The predicted molar refractivity (Wildman–Crippen MR) is 97.3 cm³/mol. The summed E-state index contributed by atoms with van der Waals surface area (Å²) in [6.45, 7) is 7.32. The van der Waals surface area contributed by atoms with Gasteiger partial charge in [-0.2, -0.15) is 5.10 Å². The Morgan fingerprint density at radius 3 is 2.65 bits per heavy atom. The first-order chi connectivity index (χ1) is 12.4. The Bertz CT molecular complexity index is 784. The Balaban J connectivity index is 2.10. The standard InChI is InChI=1S/C19H23N3O4/c1-4-10-26-12-17(19(24)25)20-18(23)11-16-13(2)21-22(14(16)3)15-8-6-5-7-9-15/h4-9,17H,1,10-12H2,2-3H3,(H,20,23)(H,24,25). The molecule has 1 unspecified atom stereocenters. The maximum Gasteiger partial charge on any atom is 0.328 e. The van der Waals surface area contributed by atoms with Crippen LogP contribution in [0.5, 0.6) is 0 Å². The third-order valence-corrected chi connectivity index (χ3v) is 3.93. The highest BCUT2D eigenvalue weighted by atomic mass is 16.5. The van der Waals surface area contributed by atoms with Crippen molar-refractivity contribution in [1.29, 1.82) is 0 Å². The fraction of sp³-hybridized carbons (Fsp3) is 0.316. The van der Waals surface area contributed by atoms with Crippen molar-refractivity contribution in [3.05, 3.63) is 59.9 Å². The number of nitrogens with zero attached hydrogens (tertiary/aromatic N) is 2. The molecule has 7 heteroatoms. The zero-order chi connectivity index (χ0) is 19.1. The van der Waals surface area contributed by atoms with Gasteiger partial charge in [0.25, 0.3) is 0 Å². The molecule has 2 N–H and O–H groups in total. The van der Waals surface area contributed by atoms with Crippen LogP contribution in [0.1, 0.15) is 17.0 Å². The number of nitrogens with one attached hydrogen (secondary N) is 1. The lowest BCUT2D eigenvalue weighted by molar-refractivity contribution is -0.143. The van der Waals surface area contributed by atoms with Crippen molar-refractivity contribution in [3.63, 3.8) is 0 Å². The van der Waals surface area contributed by atoms with E-state index >= 15 is 0 Å². The van der Waals surface area contributed by atoms with Crippen LogP contribution in [0.15, 0.2) is 43.0 Å². The Kier molecular flexibility index (Phi) is 6.68. The van der Waals surface area contributed by atoms with E-state index in [-0.39, 0.29) is 19.6 Å². The molecular formula is C19H23N3O4. The lowest BCUT2D eigenvalue weighted by Crippen LogP contribution is -2.44. The number of carboxylic acid groups (broad SMARTS) is 1. The first-order valence-electron chi connectivity index (χ1n) is 8.25. The maximum absolute atomic E-state index is 12.3. The minimum atomic E-state index is -1.14. The Morgan fingerprint density at radius 2 is 2.04 bits per heavy atom. The molecule has 138 valence electrons. The van der Waals surface area contributed by atoms with Crippen molar-refractivity contribution < 1.29 is 19.4 Å². The van der Waals surface area contributed by atoms with E-state index in [9.17, 15) is 14.7 Å². The second-order valence-electron chi connectivity index (χ2n) is 5.86. The third kappa shape index (κ3) is 4.80. The number of aromatic nitrogens is 2. The molecule has 1 amide bonds. The van der Waals surface area contributed by atoms with Crippen LogP contribution < -0.4 is 5.32 Å². The van der Waals surface area contributed by atoms with Gasteiger partial charge in [0.2, 0.25) is 5.91 Å².